The van der Waals surface area contributed by atoms with E-state index in [2.05, 4.69) is 16.6 Å². The molecule has 0 saturated carbocycles. The van der Waals surface area contributed by atoms with E-state index in [1.54, 1.807) is 18.2 Å². The SMILES string of the molecule is C=CCOc1c(Cl)cc(C=C2NC(=O)N(Cc3ccc(C(=O)OC)o3)C2=O)cc1OC. The van der Waals surface area contributed by atoms with Gasteiger partial charge >= 0.3 is 12.0 Å². The summed E-state index contributed by atoms with van der Waals surface area (Å²) in [6.45, 7) is 3.67. The van der Waals surface area contributed by atoms with E-state index in [1.165, 1.54) is 32.4 Å². The third-order valence-corrected chi connectivity index (χ3v) is 4.51. The van der Waals surface area contributed by atoms with Gasteiger partial charge < -0.3 is 23.9 Å². The number of esters is 1. The van der Waals surface area contributed by atoms with Crippen LogP contribution in [0, 0.1) is 0 Å². The maximum Gasteiger partial charge on any atom is 0.373 e. The largest absolute Gasteiger partial charge is 0.493 e. The van der Waals surface area contributed by atoms with E-state index in [0.29, 0.717) is 17.1 Å². The summed E-state index contributed by atoms with van der Waals surface area (Å²) in [7, 11) is 2.68. The Morgan fingerprint density at radius 1 is 1.29 bits per heavy atom. The van der Waals surface area contributed by atoms with E-state index in [4.69, 9.17) is 25.5 Å². The number of rotatable bonds is 8. The van der Waals surface area contributed by atoms with Gasteiger partial charge in [0.1, 0.15) is 18.1 Å². The molecule has 1 aliphatic rings. The van der Waals surface area contributed by atoms with Gasteiger partial charge in [-0.05, 0) is 35.9 Å². The first-order chi connectivity index (χ1) is 14.9. The third kappa shape index (κ3) is 4.72. The fourth-order valence-corrected chi connectivity index (χ4v) is 3.09. The predicted octanol–water partition coefficient (Wildman–Crippen LogP) is 3.39. The first-order valence-electron chi connectivity index (χ1n) is 9.00. The van der Waals surface area contributed by atoms with Crippen LogP contribution in [0.2, 0.25) is 5.02 Å². The molecule has 2 heterocycles. The number of halogens is 1. The van der Waals surface area contributed by atoms with Gasteiger partial charge in [0.25, 0.3) is 5.91 Å². The fraction of sp³-hybridized carbons (Fsp3) is 0.190. The minimum atomic E-state index is -0.657. The van der Waals surface area contributed by atoms with Crippen LogP contribution in [0.4, 0.5) is 4.79 Å². The molecule has 3 rings (SSSR count). The Kier molecular flexibility index (Phi) is 6.66. The molecule has 10 heteroatoms. The van der Waals surface area contributed by atoms with Crippen molar-refractivity contribution in [3.8, 4) is 11.5 Å². The number of carbonyl (C=O) groups excluding carboxylic acids is 3. The number of furan rings is 1. The number of nitrogens with one attached hydrogen (secondary N) is 1. The highest BCUT2D eigenvalue weighted by atomic mass is 35.5. The van der Waals surface area contributed by atoms with Crippen molar-refractivity contribution in [1.29, 1.82) is 0 Å². The lowest BCUT2D eigenvalue weighted by molar-refractivity contribution is -0.123. The molecule has 1 fully saturated rings. The fourth-order valence-electron chi connectivity index (χ4n) is 2.82. The number of methoxy groups -OCH3 is 2. The predicted molar refractivity (Wildman–Crippen MR) is 111 cm³/mol. The van der Waals surface area contributed by atoms with Crippen molar-refractivity contribution in [3.05, 3.63) is 64.7 Å². The van der Waals surface area contributed by atoms with E-state index in [-0.39, 0.29) is 35.4 Å². The maximum absolute atomic E-state index is 12.7. The number of amides is 3. The van der Waals surface area contributed by atoms with Gasteiger partial charge in [-0.25, -0.2) is 9.59 Å². The maximum atomic E-state index is 12.7. The first kappa shape index (κ1) is 22.0. The highest BCUT2D eigenvalue weighted by Gasteiger charge is 2.34. The average molecular weight is 447 g/mol. The molecule has 0 radical (unpaired) electrons. The van der Waals surface area contributed by atoms with Crippen molar-refractivity contribution in [1.82, 2.24) is 10.2 Å². The normalized spacial score (nSPS) is 14.5. The molecule has 0 bridgehead atoms. The van der Waals surface area contributed by atoms with Crippen molar-refractivity contribution in [2.75, 3.05) is 20.8 Å². The Morgan fingerprint density at radius 2 is 2.06 bits per heavy atom. The minimum absolute atomic E-state index is 0.0270. The summed E-state index contributed by atoms with van der Waals surface area (Å²) in [6, 6.07) is 5.46. The summed E-state index contributed by atoms with van der Waals surface area (Å²) < 4.78 is 20.7. The van der Waals surface area contributed by atoms with E-state index >= 15 is 0 Å². The van der Waals surface area contributed by atoms with Crippen molar-refractivity contribution < 1.29 is 33.0 Å². The molecule has 1 aromatic heterocycles. The Balaban J connectivity index is 1.81. The molecule has 1 N–H and O–H groups in total. The first-order valence-corrected chi connectivity index (χ1v) is 9.38. The zero-order chi connectivity index (χ0) is 22.5. The number of imide groups is 1. The lowest BCUT2D eigenvalue weighted by Crippen LogP contribution is -2.30. The van der Waals surface area contributed by atoms with Gasteiger partial charge in [0, 0.05) is 0 Å². The molecule has 9 nitrogen and oxygen atoms in total. The molecule has 162 valence electrons. The second-order valence-corrected chi connectivity index (χ2v) is 6.68. The standard InChI is InChI=1S/C21H19ClN2O7/c1-4-7-30-18-14(22)8-12(10-17(18)28-2)9-15-19(25)24(21(27)23-15)11-13-5-6-16(31-13)20(26)29-3/h4-6,8-10H,1,7,11H2,2-3H3,(H,23,27). The molecule has 2 aromatic rings. The van der Waals surface area contributed by atoms with Gasteiger partial charge in [-0.3, -0.25) is 9.69 Å². The van der Waals surface area contributed by atoms with Gasteiger partial charge in [0.15, 0.2) is 11.5 Å². The van der Waals surface area contributed by atoms with Crippen molar-refractivity contribution in [2.24, 2.45) is 0 Å². The molecule has 1 saturated heterocycles. The number of ether oxygens (including phenoxy) is 3. The van der Waals surface area contributed by atoms with Crippen LogP contribution < -0.4 is 14.8 Å². The van der Waals surface area contributed by atoms with Crippen LogP contribution in [0.15, 0.2) is 47.0 Å². The number of hydrogen-bond acceptors (Lipinski definition) is 7. The second-order valence-electron chi connectivity index (χ2n) is 6.27. The molecule has 3 amide bonds. The summed E-state index contributed by atoms with van der Waals surface area (Å²) in [5.41, 5.74) is 0.562. The van der Waals surface area contributed by atoms with Crippen molar-refractivity contribution in [2.45, 2.75) is 6.54 Å². The van der Waals surface area contributed by atoms with Crippen LogP contribution in [0.5, 0.6) is 11.5 Å². The highest BCUT2D eigenvalue weighted by molar-refractivity contribution is 6.32. The summed E-state index contributed by atoms with van der Waals surface area (Å²) in [5, 5.41) is 2.78. The summed E-state index contributed by atoms with van der Waals surface area (Å²) >= 11 is 6.27. The van der Waals surface area contributed by atoms with Gasteiger partial charge in [-0.15, -0.1) is 0 Å². The number of nitrogens with zero attached hydrogens (tertiary/aromatic N) is 1. The molecule has 1 aliphatic heterocycles. The highest BCUT2D eigenvalue weighted by Crippen LogP contribution is 2.37. The Morgan fingerprint density at radius 3 is 2.74 bits per heavy atom. The zero-order valence-corrected chi connectivity index (χ0v) is 17.5. The van der Waals surface area contributed by atoms with Crippen LogP contribution in [0.3, 0.4) is 0 Å². The topological polar surface area (TPSA) is 107 Å². The molecule has 1 aromatic carbocycles. The van der Waals surface area contributed by atoms with Crippen molar-refractivity contribution in [3.63, 3.8) is 0 Å². The zero-order valence-electron chi connectivity index (χ0n) is 16.8. The monoisotopic (exact) mass is 446 g/mol. The van der Waals surface area contributed by atoms with Crippen molar-refractivity contribution >= 4 is 35.6 Å². The third-order valence-electron chi connectivity index (χ3n) is 4.23. The van der Waals surface area contributed by atoms with Gasteiger partial charge in [0.2, 0.25) is 5.76 Å². The Labute approximate surface area is 182 Å². The number of urea groups is 1. The summed E-state index contributed by atoms with van der Waals surface area (Å²) in [6.07, 6.45) is 3.04. The van der Waals surface area contributed by atoms with E-state index in [9.17, 15) is 14.4 Å². The molecular weight excluding hydrogens is 428 g/mol. The van der Waals surface area contributed by atoms with Crippen LogP contribution >= 0.6 is 11.6 Å². The van der Waals surface area contributed by atoms with E-state index < -0.39 is 17.9 Å². The lowest BCUT2D eigenvalue weighted by Gasteiger charge is -2.12. The van der Waals surface area contributed by atoms with Crippen LogP contribution in [-0.2, 0) is 16.1 Å². The number of carbonyl (C=O) groups is 3. The molecule has 0 unspecified atom stereocenters. The van der Waals surface area contributed by atoms with Gasteiger partial charge in [-0.1, -0.05) is 24.3 Å². The number of benzene rings is 1. The van der Waals surface area contributed by atoms with Gasteiger partial charge in [0.05, 0.1) is 25.8 Å². The Hall–Kier alpha value is -3.72. The summed E-state index contributed by atoms with van der Waals surface area (Å²) in [5.74, 6) is -0.299. The quantitative estimate of drug-likeness (QED) is 0.286. The molecular formula is C21H19ClN2O7. The van der Waals surface area contributed by atoms with E-state index in [1.807, 2.05) is 0 Å². The molecule has 0 spiro atoms. The molecule has 0 atom stereocenters. The van der Waals surface area contributed by atoms with E-state index in [0.717, 1.165) is 4.90 Å². The smallest absolute Gasteiger partial charge is 0.373 e. The molecule has 0 aliphatic carbocycles. The van der Waals surface area contributed by atoms with Crippen LogP contribution in [0.1, 0.15) is 21.9 Å². The average Bonchev–Trinajstić information content (AvgIpc) is 3.32. The molecule has 31 heavy (non-hydrogen) atoms. The second kappa shape index (κ2) is 9.40. The lowest BCUT2D eigenvalue weighted by atomic mass is 10.1. The van der Waals surface area contributed by atoms with Gasteiger partial charge in [-0.2, -0.15) is 0 Å². The van der Waals surface area contributed by atoms with Crippen LogP contribution in [0.25, 0.3) is 6.08 Å². The Bertz CT molecular complexity index is 1070. The number of hydrogen-bond donors (Lipinski definition) is 1. The summed E-state index contributed by atoms with van der Waals surface area (Å²) in [4.78, 5) is 37.4. The van der Waals surface area contributed by atoms with Crippen LogP contribution in [-0.4, -0.2) is 43.6 Å². The minimum Gasteiger partial charge on any atom is -0.493 e.